The van der Waals surface area contributed by atoms with Gasteiger partial charge in [-0.15, -0.1) is 10.2 Å². The lowest BCUT2D eigenvalue weighted by Gasteiger charge is -2.16. The van der Waals surface area contributed by atoms with Crippen LogP contribution >= 0.6 is 22.9 Å². The summed E-state index contributed by atoms with van der Waals surface area (Å²) in [5.41, 5.74) is 1.04. The summed E-state index contributed by atoms with van der Waals surface area (Å²) in [5, 5.41) is 10.3. The maximum absolute atomic E-state index is 12.8. The van der Waals surface area contributed by atoms with Crippen LogP contribution in [-0.4, -0.2) is 31.6 Å². The lowest BCUT2D eigenvalue weighted by atomic mass is 10.1. The van der Waals surface area contributed by atoms with Crippen molar-refractivity contribution in [2.24, 2.45) is 0 Å². The van der Waals surface area contributed by atoms with Gasteiger partial charge in [-0.1, -0.05) is 54.1 Å². The van der Waals surface area contributed by atoms with Crippen molar-refractivity contribution in [1.29, 1.82) is 0 Å². The van der Waals surface area contributed by atoms with Crippen LogP contribution in [0.15, 0.2) is 52.9 Å². The summed E-state index contributed by atoms with van der Waals surface area (Å²) in [6, 6.07) is 13.2. The number of carbonyl (C=O) groups excluding carboxylic acids is 1. The van der Waals surface area contributed by atoms with Crippen LogP contribution in [0.3, 0.4) is 0 Å². The smallest absolute Gasteiger partial charge is 0.270 e. The molecule has 0 saturated heterocycles. The lowest BCUT2D eigenvalue weighted by Crippen LogP contribution is -2.28. The Bertz CT molecular complexity index is 1130. The number of hydrogen-bond donors (Lipinski definition) is 2. The molecular formula is C19H19ClN4O4S2. The number of sulfonamides is 1. The molecule has 0 aliphatic rings. The van der Waals surface area contributed by atoms with E-state index in [9.17, 15) is 13.2 Å². The van der Waals surface area contributed by atoms with Gasteiger partial charge in [0.05, 0.1) is 17.7 Å². The first kappa shape index (κ1) is 22.2. The number of carbonyl (C=O) groups is 1. The second-order valence-electron chi connectivity index (χ2n) is 6.16. The van der Waals surface area contributed by atoms with Crippen LogP contribution in [0.1, 0.15) is 35.3 Å². The van der Waals surface area contributed by atoms with Gasteiger partial charge in [0.2, 0.25) is 9.47 Å². The Hall–Kier alpha value is -2.53. The Kier molecular flexibility index (Phi) is 7.03. The van der Waals surface area contributed by atoms with E-state index in [1.54, 1.807) is 55.6 Å². The van der Waals surface area contributed by atoms with Gasteiger partial charge in [0, 0.05) is 6.04 Å². The highest BCUT2D eigenvalue weighted by Gasteiger charge is 2.25. The zero-order valence-corrected chi connectivity index (χ0v) is 18.5. The summed E-state index contributed by atoms with van der Waals surface area (Å²) in [7, 11) is -2.37. The summed E-state index contributed by atoms with van der Waals surface area (Å²) >= 11 is 6.76. The predicted octanol–water partition coefficient (Wildman–Crippen LogP) is 3.88. The van der Waals surface area contributed by atoms with Gasteiger partial charge in [0.15, 0.2) is 0 Å². The zero-order valence-electron chi connectivity index (χ0n) is 16.1. The van der Waals surface area contributed by atoms with Crippen molar-refractivity contribution in [3.8, 4) is 5.75 Å². The van der Waals surface area contributed by atoms with Gasteiger partial charge in [0.25, 0.3) is 15.9 Å². The number of nitrogens with one attached hydrogen (secondary N) is 2. The Balaban J connectivity index is 1.74. The Labute approximate surface area is 183 Å². The standard InChI is InChI=1S/C19H19ClN4O4S2/c1-3-16(12-8-10-13(28-2)11-9-12)24-30(26,27)19-23-22-18(29-19)21-17(25)14-6-4-5-7-15(14)20/h4-11,16,24H,3H2,1-2H3,(H,21,22,25)/t16-/m1/s1. The highest BCUT2D eigenvalue weighted by atomic mass is 35.5. The highest BCUT2D eigenvalue weighted by molar-refractivity contribution is 7.91. The molecule has 0 bridgehead atoms. The van der Waals surface area contributed by atoms with Crippen LogP contribution < -0.4 is 14.8 Å². The third-order valence-electron chi connectivity index (χ3n) is 4.20. The molecule has 1 atom stereocenters. The quantitative estimate of drug-likeness (QED) is 0.487. The van der Waals surface area contributed by atoms with Crippen LogP contribution in [0.2, 0.25) is 5.02 Å². The zero-order chi connectivity index (χ0) is 21.7. The molecule has 3 aromatic rings. The molecule has 0 spiro atoms. The van der Waals surface area contributed by atoms with Crippen LogP contribution in [0.4, 0.5) is 5.13 Å². The lowest BCUT2D eigenvalue weighted by molar-refractivity contribution is 0.102. The van der Waals surface area contributed by atoms with Gasteiger partial charge in [-0.25, -0.2) is 13.1 Å². The number of rotatable bonds is 8. The van der Waals surface area contributed by atoms with Crippen molar-refractivity contribution in [2.45, 2.75) is 23.7 Å². The fraction of sp³-hybridized carbons (Fsp3) is 0.211. The highest BCUT2D eigenvalue weighted by Crippen LogP contribution is 2.26. The van der Waals surface area contributed by atoms with E-state index in [0.29, 0.717) is 12.2 Å². The molecule has 8 nitrogen and oxygen atoms in total. The van der Waals surface area contributed by atoms with Crippen LogP contribution in [0.25, 0.3) is 0 Å². The number of methoxy groups -OCH3 is 1. The van der Waals surface area contributed by atoms with Crippen molar-refractivity contribution in [3.63, 3.8) is 0 Å². The minimum absolute atomic E-state index is 0.0535. The minimum atomic E-state index is -3.94. The van der Waals surface area contributed by atoms with Gasteiger partial charge in [-0.2, -0.15) is 0 Å². The van der Waals surface area contributed by atoms with Crippen molar-refractivity contribution in [2.75, 3.05) is 12.4 Å². The molecule has 1 aromatic heterocycles. The third kappa shape index (κ3) is 5.14. The summed E-state index contributed by atoms with van der Waals surface area (Å²) in [6.45, 7) is 1.87. The fourth-order valence-corrected chi connectivity index (χ4v) is 5.08. The Morgan fingerprint density at radius 1 is 1.17 bits per heavy atom. The molecule has 0 saturated carbocycles. The summed E-state index contributed by atoms with van der Waals surface area (Å²) in [6.07, 6.45) is 0.528. The summed E-state index contributed by atoms with van der Waals surface area (Å²) < 4.78 is 33.0. The molecule has 158 valence electrons. The molecule has 1 heterocycles. The normalized spacial score (nSPS) is 12.4. The summed E-state index contributed by atoms with van der Waals surface area (Å²) in [4.78, 5) is 12.3. The largest absolute Gasteiger partial charge is 0.497 e. The maximum Gasteiger partial charge on any atom is 0.270 e. The molecule has 2 N–H and O–H groups in total. The first-order valence-electron chi connectivity index (χ1n) is 8.89. The second-order valence-corrected chi connectivity index (χ2v) is 9.43. The topological polar surface area (TPSA) is 110 Å². The van der Waals surface area contributed by atoms with E-state index >= 15 is 0 Å². The number of hydrogen-bond acceptors (Lipinski definition) is 7. The average Bonchev–Trinajstić information content (AvgIpc) is 3.22. The van der Waals surface area contributed by atoms with E-state index in [1.165, 1.54) is 0 Å². The van der Waals surface area contributed by atoms with Crippen LogP contribution in [-0.2, 0) is 10.0 Å². The summed E-state index contributed by atoms with van der Waals surface area (Å²) in [5.74, 6) is 0.179. The van der Waals surface area contributed by atoms with Gasteiger partial charge in [0.1, 0.15) is 5.75 Å². The maximum atomic E-state index is 12.8. The average molecular weight is 467 g/mol. The van der Waals surface area contributed by atoms with Crippen LogP contribution in [0.5, 0.6) is 5.75 Å². The van der Waals surface area contributed by atoms with Crippen molar-refractivity contribution < 1.29 is 17.9 Å². The molecule has 0 aliphatic heterocycles. The number of benzene rings is 2. The van der Waals surface area contributed by atoms with Crippen molar-refractivity contribution in [3.05, 3.63) is 64.7 Å². The van der Waals surface area contributed by atoms with Gasteiger partial charge in [-0.3, -0.25) is 10.1 Å². The van der Waals surface area contributed by atoms with E-state index in [1.807, 2.05) is 6.92 Å². The molecule has 0 unspecified atom stereocenters. The molecule has 3 rings (SSSR count). The molecule has 30 heavy (non-hydrogen) atoms. The predicted molar refractivity (Wildman–Crippen MR) is 116 cm³/mol. The molecule has 0 radical (unpaired) electrons. The number of anilines is 1. The minimum Gasteiger partial charge on any atom is -0.497 e. The molecule has 1 amide bonds. The van der Waals surface area contributed by atoms with Gasteiger partial charge in [-0.05, 0) is 36.2 Å². The number of nitrogens with zero attached hydrogens (tertiary/aromatic N) is 2. The first-order valence-corrected chi connectivity index (χ1v) is 11.6. The number of ether oxygens (including phenoxy) is 1. The number of amides is 1. The third-order valence-corrected chi connectivity index (χ3v) is 7.21. The van der Waals surface area contributed by atoms with Crippen molar-refractivity contribution >= 4 is 44.0 Å². The van der Waals surface area contributed by atoms with Gasteiger partial charge < -0.3 is 4.74 Å². The number of aromatic nitrogens is 2. The Morgan fingerprint density at radius 3 is 2.50 bits per heavy atom. The first-order chi connectivity index (χ1) is 14.3. The SMILES string of the molecule is CC[C@@H](NS(=O)(=O)c1nnc(NC(=O)c2ccccc2Cl)s1)c1ccc(OC)cc1. The molecular weight excluding hydrogens is 448 g/mol. The number of halogens is 1. The van der Waals surface area contributed by atoms with E-state index < -0.39 is 22.0 Å². The van der Waals surface area contributed by atoms with Gasteiger partial charge >= 0.3 is 0 Å². The molecule has 0 aliphatic carbocycles. The van der Waals surface area contributed by atoms with E-state index in [0.717, 1.165) is 16.9 Å². The molecule has 2 aromatic carbocycles. The van der Waals surface area contributed by atoms with E-state index in [-0.39, 0.29) is 20.1 Å². The van der Waals surface area contributed by atoms with Crippen molar-refractivity contribution in [1.82, 2.24) is 14.9 Å². The Morgan fingerprint density at radius 2 is 1.87 bits per heavy atom. The van der Waals surface area contributed by atoms with Crippen LogP contribution in [0, 0.1) is 0 Å². The van der Waals surface area contributed by atoms with E-state index in [2.05, 4.69) is 20.2 Å². The van der Waals surface area contributed by atoms with E-state index in [4.69, 9.17) is 16.3 Å². The second kappa shape index (κ2) is 9.52. The molecule has 0 fully saturated rings. The fourth-order valence-electron chi connectivity index (χ4n) is 2.64. The molecule has 11 heteroatoms. The monoisotopic (exact) mass is 466 g/mol.